The standard InChI is InChI=1S/C16H11F4NO2/c1-22-12-4-3-8(5-13(12)23-2)9(7-21)14-15(19)10(17)6-11(18)16(14)20/h3-6,9H,1-2H3. The molecule has 23 heavy (non-hydrogen) atoms. The molecular formula is C16H11F4NO2. The number of nitrogens with zero attached hydrogens (tertiary/aromatic N) is 1. The third-order valence-electron chi connectivity index (χ3n) is 3.30. The van der Waals surface area contributed by atoms with Crippen molar-refractivity contribution in [3.05, 3.63) is 58.7 Å². The molecule has 7 heteroatoms. The zero-order valence-electron chi connectivity index (χ0n) is 12.2. The maximum atomic E-state index is 13.9. The first-order valence-corrected chi connectivity index (χ1v) is 6.39. The van der Waals surface area contributed by atoms with E-state index in [0.29, 0.717) is 5.75 Å². The number of hydrogen-bond donors (Lipinski definition) is 0. The van der Waals surface area contributed by atoms with E-state index in [0.717, 1.165) is 0 Å². The van der Waals surface area contributed by atoms with Crippen molar-refractivity contribution in [2.45, 2.75) is 5.92 Å². The Labute approximate surface area is 129 Å². The summed E-state index contributed by atoms with van der Waals surface area (Å²) in [5.41, 5.74) is -0.884. The van der Waals surface area contributed by atoms with Crippen molar-refractivity contribution in [2.75, 3.05) is 14.2 Å². The van der Waals surface area contributed by atoms with Crippen LogP contribution in [0.2, 0.25) is 0 Å². The Hall–Kier alpha value is -2.75. The molecule has 0 fully saturated rings. The molecule has 1 unspecified atom stereocenters. The van der Waals surface area contributed by atoms with Crippen LogP contribution in [0.1, 0.15) is 17.0 Å². The van der Waals surface area contributed by atoms with Crippen molar-refractivity contribution in [1.82, 2.24) is 0 Å². The number of halogens is 4. The highest BCUT2D eigenvalue weighted by atomic mass is 19.2. The van der Waals surface area contributed by atoms with Gasteiger partial charge in [0.05, 0.1) is 25.9 Å². The average Bonchev–Trinajstić information content (AvgIpc) is 2.56. The topological polar surface area (TPSA) is 42.2 Å². The van der Waals surface area contributed by atoms with E-state index in [1.165, 1.54) is 32.4 Å². The number of hydrogen-bond acceptors (Lipinski definition) is 3. The quantitative estimate of drug-likeness (QED) is 0.632. The zero-order valence-corrected chi connectivity index (χ0v) is 12.2. The monoisotopic (exact) mass is 325 g/mol. The summed E-state index contributed by atoms with van der Waals surface area (Å²) in [6, 6.07) is 5.84. The first-order valence-electron chi connectivity index (χ1n) is 6.39. The van der Waals surface area contributed by atoms with Gasteiger partial charge in [0.15, 0.2) is 34.8 Å². The second-order valence-corrected chi connectivity index (χ2v) is 4.56. The van der Waals surface area contributed by atoms with Crippen LogP contribution in [0.4, 0.5) is 17.6 Å². The first kappa shape index (κ1) is 16.6. The molecule has 0 spiro atoms. The highest BCUT2D eigenvalue weighted by Crippen LogP contribution is 2.35. The first-order chi connectivity index (χ1) is 10.9. The van der Waals surface area contributed by atoms with Crippen molar-refractivity contribution < 1.29 is 27.0 Å². The molecule has 0 aliphatic rings. The Morgan fingerprint density at radius 1 is 0.913 bits per heavy atom. The third-order valence-corrected chi connectivity index (χ3v) is 3.30. The molecule has 0 aliphatic carbocycles. The van der Waals surface area contributed by atoms with Gasteiger partial charge >= 0.3 is 0 Å². The fourth-order valence-electron chi connectivity index (χ4n) is 2.18. The smallest absolute Gasteiger partial charge is 0.166 e. The maximum absolute atomic E-state index is 13.9. The van der Waals surface area contributed by atoms with E-state index in [1.54, 1.807) is 6.07 Å². The fourth-order valence-corrected chi connectivity index (χ4v) is 2.18. The number of rotatable bonds is 4. The van der Waals surface area contributed by atoms with E-state index in [-0.39, 0.29) is 17.4 Å². The van der Waals surface area contributed by atoms with E-state index in [2.05, 4.69) is 0 Å². The molecule has 0 heterocycles. The van der Waals surface area contributed by atoms with Crippen molar-refractivity contribution in [3.8, 4) is 17.6 Å². The van der Waals surface area contributed by atoms with Crippen LogP contribution in [0.15, 0.2) is 24.3 Å². The number of methoxy groups -OCH3 is 2. The van der Waals surface area contributed by atoms with E-state index in [1.807, 2.05) is 0 Å². The van der Waals surface area contributed by atoms with Gasteiger partial charge in [0.25, 0.3) is 0 Å². The lowest BCUT2D eigenvalue weighted by Crippen LogP contribution is -2.09. The fraction of sp³-hybridized carbons (Fsp3) is 0.188. The van der Waals surface area contributed by atoms with Gasteiger partial charge in [-0.1, -0.05) is 6.07 Å². The Morgan fingerprint density at radius 3 is 1.96 bits per heavy atom. The second-order valence-electron chi connectivity index (χ2n) is 4.56. The van der Waals surface area contributed by atoms with Crippen molar-refractivity contribution in [3.63, 3.8) is 0 Å². The van der Waals surface area contributed by atoms with Gasteiger partial charge in [-0.15, -0.1) is 0 Å². The van der Waals surface area contributed by atoms with Crippen LogP contribution in [-0.2, 0) is 0 Å². The molecule has 0 aromatic heterocycles. The van der Waals surface area contributed by atoms with E-state index >= 15 is 0 Å². The Morgan fingerprint density at radius 2 is 1.48 bits per heavy atom. The molecule has 0 aliphatic heterocycles. The molecule has 2 aromatic rings. The molecule has 2 aromatic carbocycles. The van der Waals surface area contributed by atoms with E-state index < -0.39 is 34.8 Å². The molecule has 0 N–H and O–H groups in total. The molecule has 0 saturated heterocycles. The summed E-state index contributed by atoms with van der Waals surface area (Å²) in [4.78, 5) is 0. The van der Waals surface area contributed by atoms with Crippen LogP contribution in [0.25, 0.3) is 0 Å². The Bertz CT molecular complexity index is 760. The summed E-state index contributed by atoms with van der Waals surface area (Å²) in [6.07, 6.45) is 0. The molecule has 0 bridgehead atoms. The highest BCUT2D eigenvalue weighted by molar-refractivity contribution is 5.48. The van der Waals surface area contributed by atoms with Gasteiger partial charge in [-0.25, -0.2) is 17.6 Å². The van der Waals surface area contributed by atoms with Gasteiger partial charge in [-0.2, -0.15) is 5.26 Å². The summed E-state index contributed by atoms with van der Waals surface area (Å²) in [5, 5.41) is 9.25. The van der Waals surface area contributed by atoms with Gasteiger partial charge in [0.2, 0.25) is 0 Å². The second kappa shape index (κ2) is 6.57. The lowest BCUT2D eigenvalue weighted by atomic mass is 9.91. The lowest BCUT2D eigenvalue weighted by Gasteiger charge is -2.15. The molecular weight excluding hydrogens is 314 g/mol. The predicted octanol–water partition coefficient (Wildman–Crippen LogP) is 3.92. The SMILES string of the molecule is COc1ccc(C(C#N)c2c(F)c(F)cc(F)c2F)cc1OC. The molecule has 3 nitrogen and oxygen atoms in total. The van der Waals surface area contributed by atoms with Crippen LogP contribution in [-0.4, -0.2) is 14.2 Å². The molecule has 120 valence electrons. The summed E-state index contributed by atoms with van der Waals surface area (Å²) in [7, 11) is 2.73. The van der Waals surface area contributed by atoms with Crippen LogP contribution in [0, 0.1) is 34.6 Å². The normalized spacial score (nSPS) is 11.7. The zero-order chi connectivity index (χ0) is 17.1. The van der Waals surface area contributed by atoms with Gasteiger partial charge in [0, 0.05) is 6.07 Å². The van der Waals surface area contributed by atoms with E-state index in [9.17, 15) is 22.8 Å². The van der Waals surface area contributed by atoms with Crippen molar-refractivity contribution in [2.24, 2.45) is 0 Å². The molecule has 0 radical (unpaired) electrons. The van der Waals surface area contributed by atoms with Crippen LogP contribution < -0.4 is 9.47 Å². The highest BCUT2D eigenvalue weighted by Gasteiger charge is 2.28. The summed E-state index contributed by atoms with van der Waals surface area (Å²) in [5.74, 6) is -7.36. The van der Waals surface area contributed by atoms with Crippen LogP contribution >= 0.6 is 0 Å². The predicted molar refractivity (Wildman–Crippen MR) is 73.3 cm³/mol. The van der Waals surface area contributed by atoms with Gasteiger partial charge in [0.1, 0.15) is 5.92 Å². The summed E-state index contributed by atoms with van der Waals surface area (Å²) < 4.78 is 64.6. The maximum Gasteiger partial charge on any atom is 0.166 e. The minimum atomic E-state index is -1.61. The van der Waals surface area contributed by atoms with Crippen molar-refractivity contribution in [1.29, 1.82) is 5.26 Å². The summed E-state index contributed by atoms with van der Waals surface area (Å²) in [6.45, 7) is 0. The summed E-state index contributed by atoms with van der Waals surface area (Å²) >= 11 is 0. The molecule has 1 atom stereocenters. The molecule has 0 saturated carbocycles. The number of nitriles is 1. The largest absolute Gasteiger partial charge is 0.493 e. The Kier molecular flexibility index (Phi) is 4.74. The Balaban J connectivity index is 2.65. The van der Waals surface area contributed by atoms with Gasteiger partial charge in [-0.05, 0) is 17.7 Å². The van der Waals surface area contributed by atoms with Gasteiger partial charge < -0.3 is 9.47 Å². The number of ether oxygens (including phenoxy) is 2. The minimum absolute atomic E-state index is 0.0945. The van der Waals surface area contributed by atoms with E-state index in [4.69, 9.17) is 9.47 Å². The van der Waals surface area contributed by atoms with Crippen LogP contribution in [0.5, 0.6) is 11.5 Å². The van der Waals surface area contributed by atoms with Crippen LogP contribution in [0.3, 0.4) is 0 Å². The van der Waals surface area contributed by atoms with Crippen molar-refractivity contribution >= 4 is 0 Å². The average molecular weight is 325 g/mol. The number of benzene rings is 2. The lowest BCUT2D eigenvalue weighted by molar-refractivity contribution is 0.354. The molecule has 0 amide bonds. The van der Waals surface area contributed by atoms with Gasteiger partial charge in [-0.3, -0.25) is 0 Å². The minimum Gasteiger partial charge on any atom is -0.493 e. The third kappa shape index (κ3) is 2.93. The molecule has 2 rings (SSSR count).